The molecule has 0 saturated carbocycles. The number of hydrogen-bond donors (Lipinski definition) is 4. The Balaban J connectivity index is 1.75. The van der Waals surface area contributed by atoms with Crippen molar-refractivity contribution < 1.29 is 19.8 Å². The van der Waals surface area contributed by atoms with Crippen LogP contribution in [0.1, 0.15) is 16.2 Å². The Labute approximate surface area is 170 Å². The Morgan fingerprint density at radius 1 is 1.17 bits per heavy atom. The molecule has 0 radical (unpaired) electrons. The number of aliphatic hydroxyl groups is 1. The predicted molar refractivity (Wildman–Crippen MR) is 103 cm³/mol. The summed E-state index contributed by atoms with van der Waals surface area (Å²) in [6.45, 7) is -0.297. The molecule has 0 spiro atoms. The zero-order valence-corrected chi connectivity index (χ0v) is 15.7. The molecule has 0 aliphatic carbocycles. The molecule has 1 atom stereocenters. The van der Waals surface area contributed by atoms with Gasteiger partial charge in [0.1, 0.15) is 0 Å². The highest BCUT2D eigenvalue weighted by molar-refractivity contribution is 6.30. The third-order valence-electron chi connectivity index (χ3n) is 3.99. The van der Waals surface area contributed by atoms with Crippen molar-refractivity contribution in [3.63, 3.8) is 0 Å². The summed E-state index contributed by atoms with van der Waals surface area (Å²) in [5.74, 6) is -2.23. The molecule has 3 rings (SSSR count). The number of tetrazole rings is 1. The van der Waals surface area contributed by atoms with Gasteiger partial charge in [-0.2, -0.15) is 5.21 Å². The Hall–Kier alpha value is -3.34. The quantitative estimate of drug-likeness (QED) is 0.400. The van der Waals surface area contributed by atoms with Gasteiger partial charge < -0.3 is 10.2 Å². The van der Waals surface area contributed by atoms with Gasteiger partial charge >= 0.3 is 11.9 Å². The molecule has 11 heteroatoms. The monoisotopic (exact) mass is 416 g/mol. The van der Waals surface area contributed by atoms with Crippen LogP contribution in [0.5, 0.6) is 0 Å². The fourth-order valence-electron chi connectivity index (χ4n) is 2.51. The standard InChI is InChI=1S/C18H17ClN6O4/c19-14-3-1-2-13(8-14)12-6-4-11(5-7-12)10-25(20-9-15(26)18(28)29)17(27)16-21-23-24-22-16/h1-8,15,20,26H,9-10H2,(H,28,29)(H,21,22,23,24). The van der Waals surface area contributed by atoms with Crippen molar-refractivity contribution in [1.29, 1.82) is 0 Å². The molecule has 2 aromatic carbocycles. The Kier molecular flexibility index (Phi) is 6.50. The highest BCUT2D eigenvalue weighted by atomic mass is 35.5. The van der Waals surface area contributed by atoms with Crippen LogP contribution in [0, 0.1) is 0 Å². The van der Waals surface area contributed by atoms with E-state index in [2.05, 4.69) is 26.0 Å². The second-order valence-electron chi connectivity index (χ2n) is 6.05. The molecule has 0 aliphatic rings. The average molecular weight is 417 g/mol. The van der Waals surface area contributed by atoms with Gasteiger partial charge in [0.05, 0.1) is 13.1 Å². The lowest BCUT2D eigenvalue weighted by Crippen LogP contribution is -2.47. The predicted octanol–water partition coefficient (Wildman–Crippen LogP) is 1.11. The van der Waals surface area contributed by atoms with Crippen LogP contribution in [-0.2, 0) is 11.3 Å². The van der Waals surface area contributed by atoms with Crippen molar-refractivity contribution in [3.05, 3.63) is 64.9 Å². The summed E-state index contributed by atoms with van der Waals surface area (Å²) in [5.41, 5.74) is 5.26. The van der Waals surface area contributed by atoms with E-state index < -0.39 is 18.0 Å². The van der Waals surface area contributed by atoms with Gasteiger partial charge in [-0.05, 0) is 34.0 Å². The second kappa shape index (κ2) is 9.24. The first-order valence-corrected chi connectivity index (χ1v) is 8.86. The van der Waals surface area contributed by atoms with E-state index in [1.165, 1.54) is 0 Å². The van der Waals surface area contributed by atoms with E-state index in [0.717, 1.165) is 21.7 Å². The minimum absolute atomic E-state index is 0.0789. The van der Waals surface area contributed by atoms with Crippen molar-refractivity contribution in [2.24, 2.45) is 0 Å². The zero-order valence-electron chi connectivity index (χ0n) is 15.0. The summed E-state index contributed by atoms with van der Waals surface area (Å²) in [6, 6.07) is 14.8. The molecule has 0 fully saturated rings. The summed E-state index contributed by atoms with van der Waals surface area (Å²) >= 11 is 6.03. The molecule has 0 aliphatic heterocycles. The van der Waals surface area contributed by atoms with Crippen LogP contribution >= 0.6 is 11.6 Å². The van der Waals surface area contributed by atoms with E-state index in [-0.39, 0.29) is 18.9 Å². The fraction of sp³-hybridized carbons (Fsp3) is 0.167. The first kappa shape index (κ1) is 20.4. The maximum atomic E-state index is 12.6. The molecule has 1 unspecified atom stereocenters. The number of rotatable bonds is 8. The molecule has 3 aromatic rings. The maximum Gasteiger partial charge on any atom is 0.333 e. The van der Waals surface area contributed by atoms with E-state index in [9.17, 15) is 14.7 Å². The number of aromatic amines is 1. The lowest BCUT2D eigenvalue weighted by atomic mass is 10.0. The third kappa shape index (κ3) is 5.35. The number of nitrogens with one attached hydrogen (secondary N) is 2. The van der Waals surface area contributed by atoms with Gasteiger partial charge in [-0.25, -0.2) is 10.2 Å². The first-order valence-electron chi connectivity index (χ1n) is 8.48. The van der Waals surface area contributed by atoms with Gasteiger partial charge in [-0.1, -0.05) is 48.0 Å². The molecule has 10 nitrogen and oxygen atoms in total. The minimum Gasteiger partial charge on any atom is -0.479 e. The summed E-state index contributed by atoms with van der Waals surface area (Å²) < 4.78 is 0. The van der Waals surface area contributed by atoms with E-state index in [1.807, 2.05) is 42.5 Å². The van der Waals surface area contributed by atoms with Crippen LogP contribution in [0.15, 0.2) is 48.5 Å². The van der Waals surface area contributed by atoms with E-state index in [0.29, 0.717) is 5.02 Å². The number of carbonyl (C=O) groups excluding carboxylic acids is 1. The van der Waals surface area contributed by atoms with Crippen molar-refractivity contribution in [3.8, 4) is 11.1 Å². The summed E-state index contributed by atoms with van der Waals surface area (Å²) in [6.07, 6.45) is -1.68. The number of aliphatic carboxylic acids is 1. The molecule has 1 heterocycles. The number of hydrazine groups is 1. The van der Waals surface area contributed by atoms with Crippen LogP contribution < -0.4 is 5.43 Å². The highest BCUT2D eigenvalue weighted by Crippen LogP contribution is 2.23. The molecule has 0 saturated heterocycles. The summed E-state index contributed by atoms with van der Waals surface area (Å²) in [5, 5.41) is 32.8. The zero-order chi connectivity index (χ0) is 20.8. The van der Waals surface area contributed by atoms with Gasteiger partial charge in [-0.15, -0.1) is 10.2 Å². The normalized spacial score (nSPS) is 11.8. The third-order valence-corrected chi connectivity index (χ3v) is 4.23. The maximum absolute atomic E-state index is 12.6. The first-order chi connectivity index (χ1) is 13.9. The van der Waals surface area contributed by atoms with E-state index in [4.69, 9.17) is 16.7 Å². The number of carboxylic acid groups (broad SMARTS) is 1. The Morgan fingerprint density at radius 2 is 1.93 bits per heavy atom. The molecule has 29 heavy (non-hydrogen) atoms. The van der Waals surface area contributed by atoms with E-state index >= 15 is 0 Å². The van der Waals surface area contributed by atoms with Crippen molar-refractivity contribution in [2.45, 2.75) is 12.6 Å². The Morgan fingerprint density at radius 3 is 2.55 bits per heavy atom. The molecular weight excluding hydrogens is 400 g/mol. The van der Waals surface area contributed by atoms with Crippen molar-refractivity contribution in [1.82, 2.24) is 31.1 Å². The molecule has 0 bridgehead atoms. The number of carboxylic acids is 1. The number of benzene rings is 2. The number of carbonyl (C=O) groups is 2. The van der Waals surface area contributed by atoms with Crippen molar-refractivity contribution in [2.75, 3.05) is 6.54 Å². The van der Waals surface area contributed by atoms with Gasteiger partial charge in [-0.3, -0.25) is 9.80 Å². The minimum atomic E-state index is -1.68. The van der Waals surface area contributed by atoms with E-state index in [1.54, 1.807) is 6.07 Å². The smallest absolute Gasteiger partial charge is 0.333 e. The van der Waals surface area contributed by atoms with Gasteiger partial charge in [0.15, 0.2) is 6.10 Å². The average Bonchev–Trinajstić information content (AvgIpc) is 3.25. The summed E-state index contributed by atoms with van der Waals surface area (Å²) in [4.78, 5) is 23.4. The van der Waals surface area contributed by atoms with Gasteiger partial charge in [0, 0.05) is 5.02 Å². The van der Waals surface area contributed by atoms with Gasteiger partial charge in [0.2, 0.25) is 0 Å². The van der Waals surface area contributed by atoms with Crippen LogP contribution in [-0.4, -0.2) is 60.4 Å². The number of nitrogens with zero attached hydrogens (tertiary/aromatic N) is 4. The van der Waals surface area contributed by atoms with Crippen LogP contribution in [0.25, 0.3) is 11.1 Å². The molecule has 4 N–H and O–H groups in total. The molecule has 1 aromatic heterocycles. The van der Waals surface area contributed by atoms with Crippen molar-refractivity contribution >= 4 is 23.5 Å². The number of amides is 1. The lowest BCUT2D eigenvalue weighted by molar-refractivity contribution is -0.146. The lowest BCUT2D eigenvalue weighted by Gasteiger charge is -2.23. The number of hydrogen-bond acceptors (Lipinski definition) is 7. The van der Waals surface area contributed by atoms with Crippen LogP contribution in [0.3, 0.4) is 0 Å². The largest absolute Gasteiger partial charge is 0.479 e. The van der Waals surface area contributed by atoms with Crippen LogP contribution in [0.2, 0.25) is 5.02 Å². The molecule has 150 valence electrons. The number of H-pyrrole nitrogens is 1. The van der Waals surface area contributed by atoms with Crippen LogP contribution in [0.4, 0.5) is 0 Å². The number of aliphatic hydroxyl groups excluding tert-OH is 1. The summed E-state index contributed by atoms with van der Waals surface area (Å²) in [7, 11) is 0. The molecule has 1 amide bonds. The Bertz CT molecular complexity index is 980. The highest BCUT2D eigenvalue weighted by Gasteiger charge is 2.22. The number of aromatic nitrogens is 4. The topological polar surface area (TPSA) is 144 Å². The molecular formula is C18H17ClN6O4. The fourth-order valence-corrected chi connectivity index (χ4v) is 2.70. The SMILES string of the molecule is O=C(O)C(O)CNN(Cc1ccc(-c2cccc(Cl)c2)cc1)C(=O)c1nn[nH]n1. The van der Waals surface area contributed by atoms with Gasteiger partial charge in [0.25, 0.3) is 5.82 Å². The number of halogens is 1. The second-order valence-corrected chi connectivity index (χ2v) is 6.49.